The lowest BCUT2D eigenvalue weighted by molar-refractivity contribution is 0.473. The van der Waals surface area contributed by atoms with Gasteiger partial charge in [0, 0.05) is 51.7 Å². The van der Waals surface area contributed by atoms with Gasteiger partial charge in [-0.2, -0.15) is 0 Å². The first-order valence-electron chi connectivity index (χ1n) is 6.44. The van der Waals surface area contributed by atoms with Gasteiger partial charge < -0.3 is 5.32 Å². The molecule has 1 fully saturated rings. The number of sulfone groups is 1. The second-order valence-electron chi connectivity index (χ2n) is 4.99. The first kappa shape index (κ1) is 15.9. The second kappa shape index (κ2) is 6.56. The fourth-order valence-electron chi connectivity index (χ4n) is 2.30. The van der Waals surface area contributed by atoms with Gasteiger partial charge in [0.05, 0.1) is 4.90 Å². The Labute approximate surface area is 127 Å². The third-order valence-corrected chi connectivity index (χ3v) is 6.35. The molecule has 0 aliphatic carbocycles. The van der Waals surface area contributed by atoms with Crippen molar-refractivity contribution >= 4 is 32.2 Å². The molecule has 0 spiro atoms. The monoisotopic (exact) mass is 335 g/mol. The van der Waals surface area contributed by atoms with Crippen molar-refractivity contribution < 1.29 is 12.6 Å². The van der Waals surface area contributed by atoms with Gasteiger partial charge in [0.2, 0.25) is 0 Å². The lowest BCUT2D eigenvalue weighted by Gasteiger charge is -2.23. The van der Waals surface area contributed by atoms with Crippen LogP contribution in [-0.4, -0.2) is 36.4 Å². The molecule has 1 aliphatic heterocycles. The molecule has 0 aromatic heterocycles. The molecule has 1 aliphatic rings. The third kappa shape index (κ3) is 4.04. The highest BCUT2D eigenvalue weighted by molar-refractivity contribution is 7.90. The van der Waals surface area contributed by atoms with E-state index >= 15 is 0 Å². The molecule has 0 amide bonds. The van der Waals surface area contributed by atoms with Crippen molar-refractivity contribution in [2.24, 2.45) is 0 Å². The van der Waals surface area contributed by atoms with Crippen LogP contribution in [0.15, 0.2) is 23.1 Å². The van der Waals surface area contributed by atoms with Crippen molar-refractivity contribution in [2.45, 2.75) is 30.3 Å². The summed E-state index contributed by atoms with van der Waals surface area (Å²) in [6.45, 7) is 0.416. The van der Waals surface area contributed by atoms with Gasteiger partial charge in [-0.1, -0.05) is 17.7 Å². The molecular formula is C13H18ClNO3S2. The summed E-state index contributed by atoms with van der Waals surface area (Å²) in [4.78, 5) is 0.275. The molecule has 1 N–H and O–H groups in total. The van der Waals surface area contributed by atoms with E-state index in [2.05, 4.69) is 5.32 Å². The van der Waals surface area contributed by atoms with Gasteiger partial charge in [0.25, 0.3) is 0 Å². The largest absolute Gasteiger partial charge is 0.310 e. The number of benzene rings is 1. The van der Waals surface area contributed by atoms with Gasteiger partial charge in [0.1, 0.15) is 0 Å². The predicted octanol–water partition coefficient (Wildman–Crippen LogP) is 1.74. The summed E-state index contributed by atoms with van der Waals surface area (Å²) in [6.07, 6.45) is 2.89. The van der Waals surface area contributed by atoms with E-state index < -0.39 is 20.6 Å². The van der Waals surface area contributed by atoms with E-state index in [-0.39, 0.29) is 10.9 Å². The molecule has 1 saturated heterocycles. The van der Waals surface area contributed by atoms with Crippen LogP contribution in [0.3, 0.4) is 0 Å². The molecule has 2 rings (SSSR count). The van der Waals surface area contributed by atoms with Crippen molar-refractivity contribution in [3.8, 4) is 0 Å². The molecule has 1 aromatic rings. The van der Waals surface area contributed by atoms with Crippen LogP contribution in [0.5, 0.6) is 0 Å². The molecule has 0 radical (unpaired) electrons. The number of hydrogen-bond donors (Lipinski definition) is 1. The number of nitrogens with one attached hydrogen (secondary N) is 1. The van der Waals surface area contributed by atoms with Crippen LogP contribution in [0, 0.1) is 0 Å². The second-order valence-corrected chi connectivity index (χ2v) is 9.08. The molecule has 0 atom stereocenters. The summed E-state index contributed by atoms with van der Waals surface area (Å²) in [5.74, 6) is 1.41. The molecule has 1 heterocycles. The van der Waals surface area contributed by atoms with Crippen LogP contribution >= 0.6 is 11.6 Å². The predicted molar refractivity (Wildman–Crippen MR) is 82.3 cm³/mol. The molecule has 20 heavy (non-hydrogen) atoms. The minimum absolute atomic E-state index is 0.274. The Kier molecular flexibility index (Phi) is 5.23. The zero-order valence-electron chi connectivity index (χ0n) is 11.3. The maximum absolute atomic E-state index is 11.8. The van der Waals surface area contributed by atoms with Crippen molar-refractivity contribution in [1.82, 2.24) is 5.32 Å². The normalized spacial score (nSPS) is 23.7. The Balaban J connectivity index is 2.11. The highest BCUT2D eigenvalue weighted by atomic mass is 35.5. The highest BCUT2D eigenvalue weighted by Gasteiger charge is 2.20. The first-order chi connectivity index (χ1) is 9.38. The Morgan fingerprint density at radius 2 is 2.00 bits per heavy atom. The zero-order valence-corrected chi connectivity index (χ0v) is 13.7. The maximum atomic E-state index is 11.8. The highest BCUT2D eigenvalue weighted by Crippen LogP contribution is 2.24. The summed E-state index contributed by atoms with van der Waals surface area (Å²) >= 11 is 6.12. The summed E-state index contributed by atoms with van der Waals surface area (Å²) in [5.41, 5.74) is 0.614. The SMILES string of the molecule is CS(=O)(=O)c1cccc(Cl)c1CNC1CCS(=O)CC1. The van der Waals surface area contributed by atoms with Crippen molar-refractivity contribution in [3.63, 3.8) is 0 Å². The molecule has 7 heteroatoms. The Hall–Kier alpha value is -0.430. The molecule has 0 unspecified atom stereocenters. The van der Waals surface area contributed by atoms with Crippen molar-refractivity contribution in [2.75, 3.05) is 17.8 Å². The van der Waals surface area contributed by atoms with E-state index in [0.717, 1.165) is 12.8 Å². The fraction of sp³-hybridized carbons (Fsp3) is 0.538. The van der Waals surface area contributed by atoms with Gasteiger partial charge in [-0.05, 0) is 25.0 Å². The van der Waals surface area contributed by atoms with Gasteiger partial charge in [-0.15, -0.1) is 0 Å². The van der Waals surface area contributed by atoms with Crippen LogP contribution < -0.4 is 5.32 Å². The van der Waals surface area contributed by atoms with E-state index in [1.54, 1.807) is 18.2 Å². The maximum Gasteiger partial charge on any atom is 0.175 e. The number of rotatable bonds is 4. The average Bonchev–Trinajstić information content (AvgIpc) is 2.38. The summed E-state index contributed by atoms with van der Waals surface area (Å²) < 4.78 is 34.9. The van der Waals surface area contributed by atoms with E-state index in [1.165, 1.54) is 6.26 Å². The van der Waals surface area contributed by atoms with Crippen LogP contribution in [0.25, 0.3) is 0 Å². The quantitative estimate of drug-likeness (QED) is 0.910. The van der Waals surface area contributed by atoms with Gasteiger partial charge in [-0.3, -0.25) is 4.21 Å². The average molecular weight is 336 g/mol. The van der Waals surface area contributed by atoms with Gasteiger partial charge >= 0.3 is 0 Å². The number of halogens is 1. The number of hydrogen-bond acceptors (Lipinski definition) is 4. The Morgan fingerprint density at radius 3 is 2.60 bits per heavy atom. The van der Waals surface area contributed by atoms with Gasteiger partial charge in [0.15, 0.2) is 9.84 Å². The first-order valence-corrected chi connectivity index (χ1v) is 10.2. The minimum Gasteiger partial charge on any atom is -0.310 e. The van der Waals surface area contributed by atoms with E-state index in [0.29, 0.717) is 28.6 Å². The topological polar surface area (TPSA) is 63.2 Å². The van der Waals surface area contributed by atoms with Crippen molar-refractivity contribution in [1.29, 1.82) is 0 Å². The zero-order chi connectivity index (χ0) is 14.8. The smallest absolute Gasteiger partial charge is 0.175 e. The Bertz CT molecular complexity index is 606. The summed E-state index contributed by atoms with van der Waals surface area (Å²) in [7, 11) is -3.98. The molecule has 0 saturated carbocycles. The third-order valence-electron chi connectivity index (χ3n) is 3.43. The van der Waals surface area contributed by atoms with Gasteiger partial charge in [-0.25, -0.2) is 8.42 Å². The fourth-order valence-corrected chi connectivity index (χ4v) is 4.85. The molecule has 1 aromatic carbocycles. The van der Waals surface area contributed by atoms with E-state index in [9.17, 15) is 12.6 Å². The molecule has 0 bridgehead atoms. The summed E-state index contributed by atoms with van der Waals surface area (Å²) in [6, 6.07) is 5.19. The summed E-state index contributed by atoms with van der Waals surface area (Å²) in [5, 5.41) is 3.79. The molecule has 4 nitrogen and oxygen atoms in total. The van der Waals surface area contributed by atoms with Crippen LogP contribution in [0.1, 0.15) is 18.4 Å². The Morgan fingerprint density at radius 1 is 1.35 bits per heavy atom. The van der Waals surface area contributed by atoms with Crippen LogP contribution in [0.2, 0.25) is 5.02 Å². The van der Waals surface area contributed by atoms with E-state index in [4.69, 9.17) is 11.6 Å². The van der Waals surface area contributed by atoms with Crippen LogP contribution in [-0.2, 0) is 27.2 Å². The van der Waals surface area contributed by atoms with E-state index in [1.807, 2.05) is 0 Å². The molecular weight excluding hydrogens is 318 g/mol. The minimum atomic E-state index is -3.29. The lowest BCUT2D eigenvalue weighted by Crippen LogP contribution is -2.35. The molecule has 112 valence electrons. The standard InChI is InChI=1S/C13H18ClNO3S2/c1-20(17,18)13-4-2-3-12(14)11(13)9-15-10-5-7-19(16)8-6-10/h2-4,10,15H,5-9H2,1H3. The van der Waals surface area contributed by atoms with Crippen molar-refractivity contribution in [3.05, 3.63) is 28.8 Å². The van der Waals surface area contributed by atoms with Crippen LogP contribution in [0.4, 0.5) is 0 Å². The lowest BCUT2D eigenvalue weighted by atomic mass is 10.1.